The van der Waals surface area contributed by atoms with Crippen LogP contribution >= 0.6 is 0 Å². The molecule has 0 heteroatoms. The summed E-state index contributed by atoms with van der Waals surface area (Å²) < 4.78 is 0. The Morgan fingerprint density at radius 2 is 1.46 bits per heavy atom. The summed E-state index contributed by atoms with van der Waals surface area (Å²) in [6.07, 6.45) is 3.86. The van der Waals surface area contributed by atoms with Crippen molar-refractivity contribution in [2.45, 2.75) is 53.9 Å². The van der Waals surface area contributed by atoms with Crippen LogP contribution in [0.25, 0.3) is 0 Å². The molecule has 0 saturated heterocycles. The molecule has 78 valence electrons. The van der Waals surface area contributed by atoms with E-state index in [2.05, 4.69) is 33.9 Å². The van der Waals surface area contributed by atoms with Gasteiger partial charge in [0, 0.05) is 0 Å². The Balaban J connectivity index is 0. The first-order valence-electron chi connectivity index (χ1n) is 5.12. The highest BCUT2D eigenvalue weighted by Crippen LogP contribution is 2.09. The molecule has 0 aliphatic carbocycles. The fourth-order valence-corrected chi connectivity index (χ4v) is 0.812. The first kappa shape index (κ1) is 15.0. The van der Waals surface area contributed by atoms with Gasteiger partial charge in [-0.25, -0.2) is 0 Å². The van der Waals surface area contributed by atoms with Gasteiger partial charge in [-0.05, 0) is 39.5 Å². The van der Waals surface area contributed by atoms with Crippen LogP contribution in [0.2, 0.25) is 0 Å². The summed E-state index contributed by atoms with van der Waals surface area (Å²) in [5.41, 5.74) is 2.48. The van der Waals surface area contributed by atoms with Gasteiger partial charge in [0.25, 0.3) is 0 Å². The minimum absolute atomic E-state index is 0.851. The fourth-order valence-electron chi connectivity index (χ4n) is 0.812. The molecule has 0 atom stereocenters. The molecule has 0 amide bonds. The van der Waals surface area contributed by atoms with E-state index >= 15 is 0 Å². The zero-order chi connectivity index (χ0) is 10.9. The van der Waals surface area contributed by atoms with Crippen LogP contribution < -0.4 is 0 Å². The van der Waals surface area contributed by atoms with Crippen molar-refractivity contribution in [1.29, 1.82) is 0 Å². The quantitative estimate of drug-likeness (QED) is 0.538. The monoisotopic (exact) mass is 182 g/mol. The smallest absolute Gasteiger partial charge is 0.0326 e. The average molecular weight is 182 g/mol. The second-order valence-electron chi connectivity index (χ2n) is 4.45. The number of hydrogen-bond acceptors (Lipinski definition) is 0. The predicted octanol–water partition coefficient (Wildman–Crippen LogP) is 4.97. The van der Waals surface area contributed by atoms with E-state index in [4.69, 9.17) is 0 Å². The lowest BCUT2D eigenvalue weighted by atomic mass is 10.0. The summed E-state index contributed by atoms with van der Waals surface area (Å²) in [6.45, 7) is 18.0. The molecule has 0 nitrogen and oxygen atoms in total. The van der Waals surface area contributed by atoms with Gasteiger partial charge in [-0.2, -0.15) is 0 Å². The minimum atomic E-state index is 0.851. The van der Waals surface area contributed by atoms with Gasteiger partial charge < -0.3 is 0 Å². The van der Waals surface area contributed by atoms with Crippen molar-refractivity contribution in [2.75, 3.05) is 0 Å². The summed E-state index contributed by atoms with van der Waals surface area (Å²) in [7, 11) is 0. The summed E-state index contributed by atoms with van der Waals surface area (Å²) in [5, 5.41) is 0. The minimum Gasteiger partial charge on any atom is -0.100 e. The SMILES string of the molecule is C=C(C)C.C=C(C)CCCC(C)C. The first-order valence-corrected chi connectivity index (χ1v) is 5.12. The maximum atomic E-state index is 3.85. The normalized spacial score (nSPS) is 9.08. The lowest BCUT2D eigenvalue weighted by Gasteiger charge is -2.02. The van der Waals surface area contributed by atoms with Crippen LogP contribution in [0.4, 0.5) is 0 Å². The van der Waals surface area contributed by atoms with E-state index in [1.165, 1.54) is 30.4 Å². The van der Waals surface area contributed by atoms with Gasteiger partial charge in [-0.3, -0.25) is 0 Å². The van der Waals surface area contributed by atoms with E-state index in [1.807, 2.05) is 13.8 Å². The Hall–Kier alpha value is -0.520. The van der Waals surface area contributed by atoms with E-state index in [0.717, 1.165) is 5.92 Å². The molecule has 0 aromatic rings. The van der Waals surface area contributed by atoms with Crippen LogP contribution in [-0.4, -0.2) is 0 Å². The maximum Gasteiger partial charge on any atom is -0.0326 e. The summed E-state index contributed by atoms with van der Waals surface area (Å²) in [6, 6.07) is 0. The van der Waals surface area contributed by atoms with Crippen molar-refractivity contribution < 1.29 is 0 Å². The summed E-state index contributed by atoms with van der Waals surface area (Å²) >= 11 is 0. The van der Waals surface area contributed by atoms with Crippen LogP contribution in [0.1, 0.15) is 53.9 Å². The highest BCUT2D eigenvalue weighted by atomic mass is 14.0. The Morgan fingerprint density at radius 3 is 1.69 bits per heavy atom. The van der Waals surface area contributed by atoms with Gasteiger partial charge in [-0.1, -0.05) is 31.4 Å². The molecule has 0 aromatic carbocycles. The van der Waals surface area contributed by atoms with E-state index in [9.17, 15) is 0 Å². The van der Waals surface area contributed by atoms with Crippen molar-refractivity contribution in [3.63, 3.8) is 0 Å². The van der Waals surface area contributed by atoms with Crippen molar-refractivity contribution in [3.05, 3.63) is 24.3 Å². The van der Waals surface area contributed by atoms with Gasteiger partial charge in [0.2, 0.25) is 0 Å². The standard InChI is InChI=1S/C9H18.C4H8/c1-8(2)6-5-7-9(3)4;1-4(2)3/h9H,1,5-7H2,2-4H3;1H2,2-3H3. The highest BCUT2D eigenvalue weighted by Gasteiger charge is 1.92. The molecule has 0 bridgehead atoms. The average Bonchev–Trinajstić information content (AvgIpc) is 1.83. The van der Waals surface area contributed by atoms with Crippen LogP contribution in [0.15, 0.2) is 24.3 Å². The molecule has 0 saturated carbocycles. The summed E-state index contributed by atoms with van der Waals surface area (Å²) in [5.74, 6) is 0.851. The molecule has 0 spiro atoms. The van der Waals surface area contributed by atoms with Crippen molar-refractivity contribution >= 4 is 0 Å². The third-order valence-corrected chi connectivity index (χ3v) is 1.39. The molecule has 0 rings (SSSR count). The van der Waals surface area contributed by atoms with E-state index in [0.29, 0.717) is 0 Å². The maximum absolute atomic E-state index is 3.85. The van der Waals surface area contributed by atoms with Gasteiger partial charge >= 0.3 is 0 Å². The second-order valence-corrected chi connectivity index (χ2v) is 4.45. The number of rotatable bonds is 4. The first-order chi connectivity index (χ1) is 5.86. The molecule has 0 heterocycles. The van der Waals surface area contributed by atoms with Crippen molar-refractivity contribution in [3.8, 4) is 0 Å². The molecular weight excluding hydrogens is 156 g/mol. The van der Waals surface area contributed by atoms with Gasteiger partial charge in [-0.15, -0.1) is 13.2 Å². The van der Waals surface area contributed by atoms with Gasteiger partial charge in [0.15, 0.2) is 0 Å². The second kappa shape index (κ2) is 9.57. The van der Waals surface area contributed by atoms with E-state index in [-0.39, 0.29) is 0 Å². The van der Waals surface area contributed by atoms with Gasteiger partial charge in [0.05, 0.1) is 0 Å². The number of allylic oxidation sites excluding steroid dienone is 2. The molecular formula is C13H26. The molecule has 13 heavy (non-hydrogen) atoms. The Kier molecular flexibility index (Phi) is 11.0. The Morgan fingerprint density at radius 1 is 1.08 bits per heavy atom. The largest absolute Gasteiger partial charge is 0.100 e. The van der Waals surface area contributed by atoms with Gasteiger partial charge in [0.1, 0.15) is 0 Å². The van der Waals surface area contributed by atoms with Crippen LogP contribution in [0, 0.1) is 5.92 Å². The zero-order valence-corrected chi connectivity index (χ0v) is 10.1. The molecule has 0 N–H and O–H groups in total. The highest BCUT2D eigenvalue weighted by molar-refractivity contribution is 4.87. The van der Waals surface area contributed by atoms with Crippen LogP contribution in [-0.2, 0) is 0 Å². The Bertz CT molecular complexity index is 136. The third-order valence-electron chi connectivity index (χ3n) is 1.39. The number of hydrogen-bond donors (Lipinski definition) is 0. The molecule has 0 unspecified atom stereocenters. The zero-order valence-electron chi connectivity index (χ0n) is 10.1. The molecule has 0 aromatic heterocycles. The van der Waals surface area contributed by atoms with E-state index in [1.54, 1.807) is 0 Å². The summed E-state index contributed by atoms with van der Waals surface area (Å²) in [4.78, 5) is 0. The lowest BCUT2D eigenvalue weighted by molar-refractivity contribution is 0.555. The van der Waals surface area contributed by atoms with Crippen molar-refractivity contribution in [1.82, 2.24) is 0 Å². The molecule has 0 fully saturated rings. The van der Waals surface area contributed by atoms with E-state index < -0.39 is 0 Å². The topological polar surface area (TPSA) is 0 Å². The molecule has 0 aliphatic heterocycles. The molecule has 0 aliphatic rings. The lowest BCUT2D eigenvalue weighted by Crippen LogP contribution is -1.86. The van der Waals surface area contributed by atoms with Crippen LogP contribution in [0.3, 0.4) is 0 Å². The third kappa shape index (κ3) is 34.4. The van der Waals surface area contributed by atoms with Crippen molar-refractivity contribution in [2.24, 2.45) is 5.92 Å². The fraction of sp³-hybridized carbons (Fsp3) is 0.692. The Labute approximate surface area is 84.7 Å². The van der Waals surface area contributed by atoms with Crippen LogP contribution in [0.5, 0.6) is 0 Å². The molecule has 0 radical (unpaired) electrons. The predicted molar refractivity (Wildman–Crippen MR) is 64.0 cm³/mol.